The maximum atomic E-state index is 14.4. The van der Waals surface area contributed by atoms with Gasteiger partial charge in [-0.1, -0.05) is 42.0 Å². The van der Waals surface area contributed by atoms with Crippen molar-refractivity contribution in [1.82, 2.24) is 0 Å². The molecule has 3 aromatic carbocycles. The maximum absolute atomic E-state index is 14.4. The van der Waals surface area contributed by atoms with E-state index in [-0.39, 0.29) is 41.7 Å². The number of nitrogens with zero attached hydrogens (tertiary/aromatic N) is 2. The third kappa shape index (κ3) is 3.91. The Balaban J connectivity index is 1.35. The zero-order chi connectivity index (χ0) is 31.9. The molecule has 6 atom stereocenters. The molecule has 2 heterocycles. The number of carboxylic acids is 1. The fourth-order valence-corrected chi connectivity index (χ4v) is 8.17. The van der Waals surface area contributed by atoms with E-state index >= 15 is 0 Å². The number of hydrogen-bond acceptors (Lipinski definition) is 7. The number of para-hydroxylation sites is 1. The average Bonchev–Trinajstić information content (AvgIpc) is 3.38. The minimum Gasteiger partial charge on any atom is -0.508 e. The molecular weight excluding hydrogens is 576 g/mol. The Kier molecular flexibility index (Phi) is 6.26. The van der Waals surface area contributed by atoms with Crippen molar-refractivity contribution < 1.29 is 39.3 Å². The van der Waals surface area contributed by atoms with Gasteiger partial charge < -0.3 is 15.3 Å². The molecule has 2 saturated heterocycles. The van der Waals surface area contributed by atoms with Crippen LogP contribution in [0.4, 0.5) is 11.4 Å². The van der Waals surface area contributed by atoms with Crippen LogP contribution >= 0.6 is 0 Å². The Morgan fingerprint density at radius 2 is 1.56 bits per heavy atom. The molecule has 3 aromatic rings. The molecule has 2 aliphatic carbocycles. The highest BCUT2D eigenvalue weighted by Crippen LogP contribution is 2.63. The summed E-state index contributed by atoms with van der Waals surface area (Å²) in [4.78, 5) is 70.2. The number of phenols is 2. The van der Waals surface area contributed by atoms with Crippen LogP contribution in [0.2, 0.25) is 0 Å². The number of aromatic carboxylic acids is 1. The number of benzene rings is 3. The maximum Gasteiger partial charge on any atom is 0.339 e. The van der Waals surface area contributed by atoms with E-state index in [9.17, 15) is 39.3 Å². The summed E-state index contributed by atoms with van der Waals surface area (Å²) in [7, 11) is 0. The number of aromatic hydroxyl groups is 2. The number of carboxylic acid groups (broad SMARTS) is 1. The second-order valence-corrected chi connectivity index (χ2v) is 12.6. The molecule has 228 valence electrons. The first-order valence-electron chi connectivity index (χ1n) is 14.8. The monoisotopic (exact) mass is 606 g/mol. The quantitative estimate of drug-likeness (QED) is 0.289. The standard InChI is InChI=1S/C35H30N2O8/c1-17-14-18(8-13-26(17)38)29-21-11-12-23-28(32(42)36(30(23)40)20-9-10-22(33(43)44)27(39)15-20)24(21)16-25-31(41)37(34(45)35(25,29)2)19-6-4-3-5-7-19/h3-11,13-15,23-25,28-29,38-39H,12,16H2,1-2H3,(H,43,44)/t23-,24+,25-,28-,29-,35+/m0/s1. The molecule has 0 unspecified atom stereocenters. The number of aryl methyl sites for hydroxylation is 1. The first kappa shape index (κ1) is 28.5. The molecule has 10 heteroatoms. The van der Waals surface area contributed by atoms with Crippen molar-refractivity contribution in [3.8, 4) is 11.5 Å². The molecule has 3 N–H and O–H groups in total. The number of imide groups is 2. The van der Waals surface area contributed by atoms with Crippen molar-refractivity contribution in [2.24, 2.45) is 29.1 Å². The highest BCUT2D eigenvalue weighted by Gasteiger charge is 2.67. The summed E-state index contributed by atoms with van der Waals surface area (Å²) in [6.07, 6.45) is 2.35. The van der Waals surface area contributed by atoms with Gasteiger partial charge in [0.25, 0.3) is 0 Å². The number of amides is 4. The third-order valence-electron chi connectivity index (χ3n) is 10.3. The van der Waals surface area contributed by atoms with Gasteiger partial charge in [0, 0.05) is 12.0 Å². The van der Waals surface area contributed by atoms with Gasteiger partial charge in [0.15, 0.2) is 0 Å². The lowest BCUT2D eigenvalue weighted by atomic mass is 9.51. The van der Waals surface area contributed by atoms with Gasteiger partial charge in [-0.25, -0.2) is 14.6 Å². The van der Waals surface area contributed by atoms with Crippen LogP contribution in [-0.4, -0.2) is 44.9 Å². The van der Waals surface area contributed by atoms with Crippen molar-refractivity contribution in [3.05, 3.63) is 95.1 Å². The van der Waals surface area contributed by atoms with E-state index in [1.54, 1.807) is 62.4 Å². The van der Waals surface area contributed by atoms with Crippen LogP contribution in [0.25, 0.3) is 0 Å². The van der Waals surface area contributed by atoms with Crippen molar-refractivity contribution >= 4 is 41.0 Å². The molecule has 7 rings (SSSR count). The van der Waals surface area contributed by atoms with Gasteiger partial charge >= 0.3 is 5.97 Å². The Bertz CT molecular complexity index is 1870. The van der Waals surface area contributed by atoms with Crippen LogP contribution in [-0.2, 0) is 19.2 Å². The van der Waals surface area contributed by atoms with Gasteiger partial charge in [0.05, 0.1) is 34.5 Å². The predicted molar refractivity (Wildman–Crippen MR) is 161 cm³/mol. The smallest absolute Gasteiger partial charge is 0.339 e. The van der Waals surface area contributed by atoms with Gasteiger partial charge in [-0.05, 0) is 74.1 Å². The van der Waals surface area contributed by atoms with Crippen LogP contribution in [0.5, 0.6) is 11.5 Å². The molecular formula is C35H30N2O8. The summed E-state index contributed by atoms with van der Waals surface area (Å²) in [6.45, 7) is 3.56. The molecule has 2 aliphatic heterocycles. The van der Waals surface area contributed by atoms with E-state index in [2.05, 4.69) is 0 Å². The average molecular weight is 607 g/mol. The van der Waals surface area contributed by atoms with E-state index < -0.39 is 58.5 Å². The van der Waals surface area contributed by atoms with Gasteiger partial charge in [-0.3, -0.25) is 19.2 Å². The number of phenolic OH excluding ortho intramolecular Hbond substituents is 1. The van der Waals surface area contributed by atoms with Crippen molar-refractivity contribution in [3.63, 3.8) is 0 Å². The largest absolute Gasteiger partial charge is 0.508 e. The molecule has 0 bridgehead atoms. The first-order valence-corrected chi connectivity index (χ1v) is 14.8. The number of carbonyl (C=O) groups is 5. The number of rotatable bonds is 4. The summed E-state index contributed by atoms with van der Waals surface area (Å²) in [6, 6.07) is 17.4. The SMILES string of the molecule is Cc1cc([C@H]2C3=CC[C@@H]4C(=O)N(c5ccc(C(=O)O)c(O)c5)C(=O)[C@@H]4[C@@H]3C[C@H]3C(=O)N(c4ccccc4)C(=O)[C@@]23C)ccc1O. The fraction of sp³-hybridized carbons (Fsp3) is 0.286. The molecule has 0 aromatic heterocycles. The number of anilines is 2. The van der Waals surface area contributed by atoms with Crippen LogP contribution in [0.15, 0.2) is 78.4 Å². The Morgan fingerprint density at radius 3 is 2.22 bits per heavy atom. The fourth-order valence-electron chi connectivity index (χ4n) is 8.17. The molecule has 0 radical (unpaired) electrons. The molecule has 1 saturated carbocycles. The third-order valence-corrected chi connectivity index (χ3v) is 10.3. The highest BCUT2D eigenvalue weighted by molar-refractivity contribution is 6.25. The van der Waals surface area contributed by atoms with Crippen LogP contribution in [0.3, 0.4) is 0 Å². The lowest BCUT2D eigenvalue weighted by molar-refractivity contribution is -0.131. The predicted octanol–water partition coefficient (Wildman–Crippen LogP) is 4.54. The second kappa shape index (κ2) is 9.88. The van der Waals surface area contributed by atoms with Crippen LogP contribution < -0.4 is 9.80 Å². The summed E-state index contributed by atoms with van der Waals surface area (Å²) in [5.74, 6) is -6.97. The molecule has 3 fully saturated rings. The molecule has 4 aliphatic rings. The number of fused-ring (bicyclic) bond motifs is 4. The van der Waals surface area contributed by atoms with Crippen molar-refractivity contribution in [2.75, 3.05) is 9.80 Å². The summed E-state index contributed by atoms with van der Waals surface area (Å²) in [5, 5.41) is 30.0. The van der Waals surface area contributed by atoms with Crippen molar-refractivity contribution in [1.29, 1.82) is 0 Å². The number of allylic oxidation sites excluding steroid dienone is 2. The summed E-state index contributed by atoms with van der Waals surface area (Å²) in [5.41, 5.74) is 1.11. The highest BCUT2D eigenvalue weighted by atomic mass is 16.4. The van der Waals surface area contributed by atoms with E-state index in [0.29, 0.717) is 11.3 Å². The normalized spacial score (nSPS) is 28.9. The zero-order valence-electron chi connectivity index (χ0n) is 24.5. The Labute approximate surface area is 258 Å². The molecule has 45 heavy (non-hydrogen) atoms. The minimum absolute atomic E-state index is 0.0668. The molecule has 0 spiro atoms. The summed E-state index contributed by atoms with van der Waals surface area (Å²) >= 11 is 0. The van der Waals surface area contributed by atoms with Gasteiger partial charge in [0.2, 0.25) is 23.6 Å². The number of carbonyl (C=O) groups excluding carboxylic acids is 4. The molecule has 10 nitrogen and oxygen atoms in total. The zero-order valence-corrected chi connectivity index (χ0v) is 24.5. The number of hydrogen-bond donors (Lipinski definition) is 3. The summed E-state index contributed by atoms with van der Waals surface area (Å²) < 4.78 is 0. The van der Waals surface area contributed by atoms with E-state index in [4.69, 9.17) is 0 Å². The lowest BCUT2D eigenvalue weighted by Crippen LogP contribution is -2.48. The Morgan fingerprint density at radius 1 is 0.822 bits per heavy atom. The molecule has 4 amide bonds. The topological polar surface area (TPSA) is 153 Å². The first-order chi connectivity index (χ1) is 21.4. The Hall–Kier alpha value is -5.25. The van der Waals surface area contributed by atoms with Crippen molar-refractivity contribution in [2.45, 2.75) is 32.6 Å². The lowest BCUT2D eigenvalue weighted by Gasteiger charge is -2.49. The van der Waals surface area contributed by atoms with Crippen LogP contribution in [0.1, 0.15) is 47.2 Å². The van der Waals surface area contributed by atoms with Gasteiger partial charge in [-0.2, -0.15) is 0 Å². The van der Waals surface area contributed by atoms with Gasteiger partial charge in [0.1, 0.15) is 17.1 Å². The van der Waals surface area contributed by atoms with E-state index in [0.717, 1.165) is 28.2 Å². The van der Waals surface area contributed by atoms with Gasteiger partial charge in [-0.15, -0.1) is 0 Å². The van der Waals surface area contributed by atoms with E-state index in [1.807, 2.05) is 6.08 Å². The minimum atomic E-state index is -1.35. The van der Waals surface area contributed by atoms with E-state index in [1.165, 1.54) is 11.0 Å². The second-order valence-electron chi connectivity index (χ2n) is 12.6. The van der Waals surface area contributed by atoms with Crippen LogP contribution in [0, 0.1) is 36.0 Å².